The Bertz CT molecular complexity index is 419. The monoisotopic (exact) mass is 203 g/mol. The fourth-order valence-corrected chi connectivity index (χ4v) is 2.04. The molecule has 0 saturated carbocycles. The molecule has 15 heavy (non-hydrogen) atoms. The normalized spacial score (nSPS) is 15.0. The highest BCUT2D eigenvalue weighted by Gasteiger charge is 2.27. The molecular formula is C13H17NO. The van der Waals surface area contributed by atoms with Crippen molar-refractivity contribution in [3.8, 4) is 5.75 Å². The van der Waals surface area contributed by atoms with Crippen LogP contribution in [0.15, 0.2) is 24.3 Å². The van der Waals surface area contributed by atoms with Crippen molar-refractivity contribution >= 4 is 5.57 Å². The summed E-state index contributed by atoms with van der Waals surface area (Å²) in [7, 11) is 1.96. The second-order valence-electron chi connectivity index (χ2n) is 4.54. The summed E-state index contributed by atoms with van der Waals surface area (Å²) in [6, 6.07) is 5.61. The van der Waals surface area contributed by atoms with Crippen LogP contribution in [0.3, 0.4) is 0 Å². The Kier molecular flexibility index (Phi) is 2.31. The van der Waals surface area contributed by atoms with E-state index in [1.807, 2.05) is 19.2 Å². The molecule has 1 aliphatic carbocycles. The number of aromatic hydroxyl groups is 1. The molecule has 0 saturated heterocycles. The van der Waals surface area contributed by atoms with Crippen LogP contribution in [0.5, 0.6) is 5.75 Å². The maximum atomic E-state index is 9.50. The molecule has 1 aromatic rings. The summed E-state index contributed by atoms with van der Waals surface area (Å²) in [5, 5.41) is 12.8. The summed E-state index contributed by atoms with van der Waals surface area (Å²) in [5.74, 6) is 0.341. The Balaban J connectivity index is 2.46. The summed E-state index contributed by atoms with van der Waals surface area (Å²) in [5.41, 5.74) is 3.70. The molecule has 0 spiro atoms. The predicted molar refractivity (Wildman–Crippen MR) is 62.9 cm³/mol. The number of hydrogen-bond acceptors (Lipinski definition) is 2. The van der Waals surface area contributed by atoms with Gasteiger partial charge in [0.2, 0.25) is 0 Å². The number of benzene rings is 1. The van der Waals surface area contributed by atoms with E-state index >= 15 is 0 Å². The molecule has 0 atom stereocenters. The molecule has 2 rings (SSSR count). The molecule has 2 nitrogen and oxygen atoms in total. The molecule has 0 aromatic heterocycles. The van der Waals surface area contributed by atoms with Crippen molar-refractivity contribution < 1.29 is 5.11 Å². The van der Waals surface area contributed by atoms with E-state index in [0.29, 0.717) is 5.75 Å². The second-order valence-corrected chi connectivity index (χ2v) is 4.54. The van der Waals surface area contributed by atoms with Crippen molar-refractivity contribution in [1.82, 2.24) is 5.32 Å². The van der Waals surface area contributed by atoms with Crippen molar-refractivity contribution in [2.75, 3.05) is 7.05 Å². The Morgan fingerprint density at radius 2 is 2.07 bits per heavy atom. The molecule has 0 bridgehead atoms. The number of nitrogens with one attached hydrogen (secondary N) is 1. The summed E-state index contributed by atoms with van der Waals surface area (Å²) in [6.45, 7) is 4.30. The number of likely N-dealkylation sites (N-methyl/N-ethyl adjacent to an activating group) is 1. The summed E-state index contributed by atoms with van der Waals surface area (Å²) >= 11 is 0. The van der Waals surface area contributed by atoms with Crippen LogP contribution in [0.2, 0.25) is 0 Å². The van der Waals surface area contributed by atoms with Crippen molar-refractivity contribution in [1.29, 1.82) is 0 Å². The summed E-state index contributed by atoms with van der Waals surface area (Å²) in [4.78, 5) is 0. The molecule has 1 aromatic carbocycles. The third-order valence-corrected chi connectivity index (χ3v) is 3.21. The van der Waals surface area contributed by atoms with Gasteiger partial charge in [0.15, 0.2) is 0 Å². The minimum Gasteiger partial charge on any atom is -0.508 e. The number of rotatable bonds is 2. The van der Waals surface area contributed by atoms with Crippen molar-refractivity contribution in [2.24, 2.45) is 0 Å². The molecule has 0 radical (unpaired) electrons. The second kappa shape index (κ2) is 3.38. The molecule has 1 aliphatic rings. The first kappa shape index (κ1) is 10.2. The van der Waals surface area contributed by atoms with E-state index < -0.39 is 0 Å². The van der Waals surface area contributed by atoms with E-state index in [2.05, 4.69) is 25.2 Å². The average Bonchev–Trinajstić information content (AvgIpc) is 2.61. The molecule has 0 amide bonds. The van der Waals surface area contributed by atoms with Crippen molar-refractivity contribution in [3.63, 3.8) is 0 Å². The highest BCUT2D eigenvalue weighted by atomic mass is 16.3. The number of hydrogen-bond donors (Lipinski definition) is 2. The Labute approximate surface area is 90.6 Å². The van der Waals surface area contributed by atoms with E-state index in [1.165, 1.54) is 16.7 Å². The van der Waals surface area contributed by atoms with Gasteiger partial charge in [-0.2, -0.15) is 0 Å². The van der Waals surface area contributed by atoms with Gasteiger partial charge >= 0.3 is 0 Å². The number of phenolic OH excluding ortho intramolecular Hbond substituents is 1. The van der Waals surface area contributed by atoms with E-state index in [9.17, 15) is 5.11 Å². The van der Waals surface area contributed by atoms with Gasteiger partial charge in [-0.15, -0.1) is 0 Å². The zero-order chi connectivity index (χ0) is 11.1. The standard InChI is InChI=1S/C13H17NO/c1-13(2,14-3)12-7-5-9-4-6-10(15)8-11(9)12/h4,6-8,14-15H,5H2,1-3H3. The average molecular weight is 203 g/mol. The third kappa shape index (κ3) is 1.65. The van der Waals surface area contributed by atoms with Gasteiger partial charge in [0.05, 0.1) is 0 Å². The fourth-order valence-electron chi connectivity index (χ4n) is 2.04. The van der Waals surface area contributed by atoms with Crippen LogP contribution >= 0.6 is 0 Å². The van der Waals surface area contributed by atoms with E-state index in [0.717, 1.165) is 6.42 Å². The van der Waals surface area contributed by atoms with Gasteiger partial charge in [-0.1, -0.05) is 12.1 Å². The van der Waals surface area contributed by atoms with Gasteiger partial charge in [0.25, 0.3) is 0 Å². The lowest BCUT2D eigenvalue weighted by molar-refractivity contribution is 0.474. The molecule has 0 heterocycles. The van der Waals surface area contributed by atoms with Crippen LogP contribution in [0.4, 0.5) is 0 Å². The van der Waals surface area contributed by atoms with Crippen LogP contribution in [0.25, 0.3) is 5.57 Å². The number of phenols is 1. The third-order valence-electron chi connectivity index (χ3n) is 3.21. The maximum Gasteiger partial charge on any atom is 0.116 e. The highest BCUT2D eigenvalue weighted by molar-refractivity contribution is 5.79. The zero-order valence-corrected chi connectivity index (χ0v) is 9.46. The lowest BCUT2D eigenvalue weighted by Crippen LogP contribution is -2.36. The minimum absolute atomic E-state index is 0.0426. The van der Waals surface area contributed by atoms with Crippen LogP contribution < -0.4 is 5.32 Å². The largest absolute Gasteiger partial charge is 0.508 e. The van der Waals surface area contributed by atoms with Gasteiger partial charge in [-0.05, 0) is 56.1 Å². The van der Waals surface area contributed by atoms with E-state index in [4.69, 9.17) is 0 Å². The first-order valence-corrected chi connectivity index (χ1v) is 5.26. The van der Waals surface area contributed by atoms with E-state index in [-0.39, 0.29) is 5.54 Å². The predicted octanol–water partition coefficient (Wildman–Crippen LogP) is 2.33. The molecule has 0 aliphatic heterocycles. The first-order valence-electron chi connectivity index (χ1n) is 5.26. The lowest BCUT2D eigenvalue weighted by Gasteiger charge is -2.27. The van der Waals surface area contributed by atoms with Crippen LogP contribution in [-0.2, 0) is 6.42 Å². The SMILES string of the molecule is CNC(C)(C)C1=CCc2ccc(O)cc21. The molecular weight excluding hydrogens is 186 g/mol. The van der Waals surface area contributed by atoms with Crippen molar-refractivity contribution in [2.45, 2.75) is 25.8 Å². The molecule has 2 N–H and O–H groups in total. The topological polar surface area (TPSA) is 32.3 Å². The summed E-state index contributed by atoms with van der Waals surface area (Å²) < 4.78 is 0. The first-order chi connectivity index (χ1) is 7.04. The number of fused-ring (bicyclic) bond motifs is 1. The maximum absolute atomic E-state index is 9.50. The van der Waals surface area contributed by atoms with Crippen molar-refractivity contribution in [3.05, 3.63) is 35.4 Å². The lowest BCUT2D eigenvalue weighted by atomic mass is 9.89. The highest BCUT2D eigenvalue weighted by Crippen LogP contribution is 2.36. The molecule has 2 heteroatoms. The minimum atomic E-state index is -0.0426. The quantitative estimate of drug-likeness (QED) is 0.773. The van der Waals surface area contributed by atoms with Gasteiger partial charge in [0, 0.05) is 5.54 Å². The van der Waals surface area contributed by atoms with Gasteiger partial charge in [-0.25, -0.2) is 0 Å². The Morgan fingerprint density at radius 3 is 2.73 bits per heavy atom. The van der Waals surface area contributed by atoms with Crippen LogP contribution in [-0.4, -0.2) is 17.7 Å². The van der Waals surface area contributed by atoms with Gasteiger partial charge < -0.3 is 10.4 Å². The summed E-state index contributed by atoms with van der Waals surface area (Å²) in [6.07, 6.45) is 3.21. The van der Waals surface area contributed by atoms with Gasteiger partial charge in [0.1, 0.15) is 5.75 Å². The molecule has 0 unspecified atom stereocenters. The Hall–Kier alpha value is -1.28. The number of allylic oxidation sites excluding steroid dienone is 1. The molecule has 0 fully saturated rings. The Morgan fingerprint density at radius 1 is 1.33 bits per heavy atom. The zero-order valence-electron chi connectivity index (χ0n) is 9.46. The van der Waals surface area contributed by atoms with Crippen LogP contribution in [0, 0.1) is 0 Å². The fraction of sp³-hybridized carbons (Fsp3) is 0.385. The van der Waals surface area contributed by atoms with E-state index in [1.54, 1.807) is 6.07 Å². The molecule has 80 valence electrons. The van der Waals surface area contributed by atoms with Crippen LogP contribution in [0.1, 0.15) is 25.0 Å². The smallest absolute Gasteiger partial charge is 0.116 e. The van der Waals surface area contributed by atoms with Gasteiger partial charge in [-0.3, -0.25) is 0 Å².